The molecule has 0 spiro atoms. The molecule has 0 saturated carbocycles. The Hall–Kier alpha value is -1.36. The van der Waals surface area contributed by atoms with E-state index in [1.807, 2.05) is 16.0 Å². The molecule has 0 aliphatic carbocycles. The molecule has 0 aliphatic heterocycles. The summed E-state index contributed by atoms with van der Waals surface area (Å²) in [5.74, 6) is 0.866. The number of nitrogen functional groups attached to an aromatic ring is 1. The fraction of sp³-hybridized carbons (Fsp3) is 0.333. The van der Waals surface area contributed by atoms with E-state index in [1.165, 1.54) is 11.3 Å². The third-order valence-electron chi connectivity index (χ3n) is 2.02. The van der Waals surface area contributed by atoms with E-state index in [-0.39, 0.29) is 0 Å². The number of nitrogens with two attached hydrogens (primary N) is 1. The number of aryl methyl sites for hydroxylation is 1. The lowest BCUT2D eigenvalue weighted by molar-refractivity contribution is 0.683. The molecule has 5 heteroatoms. The molecule has 0 saturated heterocycles. The number of hydrogen-bond donors (Lipinski definition) is 1. The van der Waals surface area contributed by atoms with Gasteiger partial charge in [0.25, 0.3) is 0 Å². The van der Waals surface area contributed by atoms with E-state index in [2.05, 4.69) is 17.1 Å². The molecule has 0 radical (unpaired) electrons. The van der Waals surface area contributed by atoms with Crippen molar-refractivity contribution in [3.8, 4) is 11.4 Å². The Kier molecular flexibility index (Phi) is 2.49. The minimum atomic E-state index is 0.801. The summed E-state index contributed by atoms with van der Waals surface area (Å²) in [6.45, 7) is 3.05. The van der Waals surface area contributed by atoms with Crippen LogP contribution in [-0.4, -0.2) is 14.8 Å². The van der Waals surface area contributed by atoms with Crippen molar-refractivity contribution in [1.29, 1.82) is 0 Å². The van der Waals surface area contributed by atoms with E-state index >= 15 is 0 Å². The van der Waals surface area contributed by atoms with Crippen LogP contribution in [0.3, 0.4) is 0 Å². The van der Waals surface area contributed by atoms with Gasteiger partial charge in [-0.15, -0.1) is 21.5 Å². The Balaban J connectivity index is 2.41. The van der Waals surface area contributed by atoms with Crippen molar-refractivity contribution in [1.82, 2.24) is 14.8 Å². The molecule has 2 heterocycles. The fourth-order valence-corrected chi connectivity index (χ4v) is 2.01. The fourth-order valence-electron chi connectivity index (χ4n) is 1.37. The molecule has 0 bridgehead atoms. The molecule has 2 aromatic rings. The van der Waals surface area contributed by atoms with Gasteiger partial charge in [-0.2, -0.15) is 0 Å². The summed E-state index contributed by atoms with van der Waals surface area (Å²) in [5.41, 5.74) is 6.82. The van der Waals surface area contributed by atoms with Crippen molar-refractivity contribution in [2.75, 3.05) is 5.73 Å². The van der Waals surface area contributed by atoms with Gasteiger partial charge in [0.1, 0.15) is 6.33 Å². The zero-order valence-electron chi connectivity index (χ0n) is 7.97. The summed E-state index contributed by atoms with van der Waals surface area (Å²) in [5, 5.41) is 10.7. The first-order chi connectivity index (χ1) is 6.83. The second-order valence-corrected chi connectivity index (χ2v) is 3.99. The summed E-state index contributed by atoms with van der Waals surface area (Å²) < 4.78 is 2.03. The van der Waals surface area contributed by atoms with Crippen LogP contribution in [0.2, 0.25) is 0 Å². The molecule has 2 aromatic heterocycles. The van der Waals surface area contributed by atoms with Crippen molar-refractivity contribution in [2.24, 2.45) is 0 Å². The smallest absolute Gasteiger partial charge is 0.166 e. The number of nitrogens with zero attached hydrogens (tertiary/aromatic N) is 3. The van der Waals surface area contributed by atoms with Crippen LogP contribution >= 0.6 is 11.3 Å². The number of hydrogen-bond acceptors (Lipinski definition) is 4. The lowest BCUT2D eigenvalue weighted by atomic mass is 10.3. The van der Waals surface area contributed by atoms with Gasteiger partial charge in [0.05, 0.1) is 10.6 Å². The topological polar surface area (TPSA) is 56.7 Å². The SMILES string of the molecule is CCCn1cnnc1-c1ccsc1N. The first-order valence-corrected chi connectivity index (χ1v) is 5.42. The normalized spacial score (nSPS) is 10.6. The second-order valence-electron chi connectivity index (χ2n) is 3.05. The quantitative estimate of drug-likeness (QED) is 0.839. The van der Waals surface area contributed by atoms with Crippen molar-refractivity contribution in [3.05, 3.63) is 17.8 Å². The molecular weight excluding hydrogens is 196 g/mol. The van der Waals surface area contributed by atoms with Gasteiger partial charge in [0, 0.05) is 6.54 Å². The lowest BCUT2D eigenvalue weighted by Gasteiger charge is -2.03. The van der Waals surface area contributed by atoms with E-state index in [4.69, 9.17) is 5.73 Å². The maximum Gasteiger partial charge on any atom is 0.166 e. The largest absolute Gasteiger partial charge is 0.390 e. The average molecular weight is 208 g/mol. The van der Waals surface area contributed by atoms with Crippen molar-refractivity contribution in [2.45, 2.75) is 19.9 Å². The van der Waals surface area contributed by atoms with Gasteiger partial charge in [-0.1, -0.05) is 6.92 Å². The van der Waals surface area contributed by atoms with Crippen LogP contribution < -0.4 is 5.73 Å². The van der Waals surface area contributed by atoms with E-state index in [9.17, 15) is 0 Å². The molecular formula is C9H12N4S. The highest BCUT2D eigenvalue weighted by Crippen LogP contribution is 2.28. The predicted molar refractivity (Wildman–Crippen MR) is 58.0 cm³/mol. The summed E-state index contributed by atoms with van der Waals surface area (Å²) in [4.78, 5) is 0. The van der Waals surface area contributed by atoms with E-state index in [1.54, 1.807) is 6.33 Å². The van der Waals surface area contributed by atoms with Gasteiger partial charge in [-0.3, -0.25) is 0 Å². The maximum absolute atomic E-state index is 5.83. The molecule has 0 unspecified atom stereocenters. The Morgan fingerprint density at radius 3 is 3.07 bits per heavy atom. The van der Waals surface area contributed by atoms with Crippen molar-refractivity contribution < 1.29 is 0 Å². The number of thiophene rings is 1. The number of aromatic nitrogens is 3. The summed E-state index contributed by atoms with van der Waals surface area (Å²) >= 11 is 1.53. The Morgan fingerprint density at radius 2 is 2.43 bits per heavy atom. The first kappa shape index (κ1) is 9.21. The van der Waals surface area contributed by atoms with Gasteiger partial charge in [-0.25, -0.2) is 0 Å². The van der Waals surface area contributed by atoms with Crippen LogP contribution in [0.4, 0.5) is 5.00 Å². The third-order valence-corrected chi connectivity index (χ3v) is 2.76. The monoisotopic (exact) mass is 208 g/mol. The molecule has 0 amide bonds. The molecule has 0 aromatic carbocycles. The highest BCUT2D eigenvalue weighted by Gasteiger charge is 2.10. The van der Waals surface area contributed by atoms with Crippen molar-refractivity contribution >= 4 is 16.3 Å². The molecule has 14 heavy (non-hydrogen) atoms. The van der Waals surface area contributed by atoms with Crippen LogP contribution in [0.25, 0.3) is 11.4 Å². The molecule has 4 nitrogen and oxygen atoms in total. The van der Waals surface area contributed by atoms with Crippen LogP contribution in [0.15, 0.2) is 17.8 Å². The lowest BCUT2D eigenvalue weighted by Crippen LogP contribution is -1.98. The summed E-state index contributed by atoms with van der Waals surface area (Å²) in [6.07, 6.45) is 2.81. The van der Waals surface area contributed by atoms with Gasteiger partial charge in [-0.05, 0) is 17.9 Å². The van der Waals surface area contributed by atoms with E-state index < -0.39 is 0 Å². The standard InChI is InChI=1S/C9H12N4S/c1-2-4-13-6-11-12-9(13)7-3-5-14-8(7)10/h3,5-6H,2,4,10H2,1H3. The molecule has 0 atom stereocenters. The van der Waals surface area contributed by atoms with Crippen LogP contribution in [0.5, 0.6) is 0 Å². The average Bonchev–Trinajstić information content (AvgIpc) is 2.74. The van der Waals surface area contributed by atoms with Gasteiger partial charge in [0.15, 0.2) is 5.82 Å². The van der Waals surface area contributed by atoms with Gasteiger partial charge >= 0.3 is 0 Å². The van der Waals surface area contributed by atoms with Crippen LogP contribution in [0.1, 0.15) is 13.3 Å². The van der Waals surface area contributed by atoms with Crippen molar-refractivity contribution in [3.63, 3.8) is 0 Å². The number of anilines is 1. The zero-order chi connectivity index (χ0) is 9.97. The Labute approximate surface area is 86.4 Å². The highest BCUT2D eigenvalue weighted by molar-refractivity contribution is 7.14. The Morgan fingerprint density at radius 1 is 1.57 bits per heavy atom. The first-order valence-electron chi connectivity index (χ1n) is 4.54. The van der Waals surface area contributed by atoms with Gasteiger partial charge < -0.3 is 10.3 Å². The Bertz CT molecular complexity index is 418. The zero-order valence-corrected chi connectivity index (χ0v) is 8.79. The highest BCUT2D eigenvalue weighted by atomic mass is 32.1. The minimum absolute atomic E-state index is 0.801. The van der Waals surface area contributed by atoms with Crippen LogP contribution in [0, 0.1) is 0 Å². The van der Waals surface area contributed by atoms with E-state index in [0.29, 0.717) is 0 Å². The number of rotatable bonds is 3. The second kappa shape index (κ2) is 3.79. The maximum atomic E-state index is 5.83. The van der Waals surface area contributed by atoms with Crippen LogP contribution in [-0.2, 0) is 6.54 Å². The minimum Gasteiger partial charge on any atom is -0.390 e. The van der Waals surface area contributed by atoms with Gasteiger partial charge in [0.2, 0.25) is 0 Å². The molecule has 0 aliphatic rings. The molecule has 74 valence electrons. The molecule has 2 N–H and O–H groups in total. The predicted octanol–water partition coefficient (Wildman–Crippen LogP) is 2.00. The molecule has 0 fully saturated rings. The summed E-state index contributed by atoms with van der Waals surface area (Å²) in [6, 6.07) is 1.98. The summed E-state index contributed by atoms with van der Waals surface area (Å²) in [7, 11) is 0. The molecule has 2 rings (SSSR count). The van der Waals surface area contributed by atoms with E-state index in [0.717, 1.165) is 29.4 Å². The third kappa shape index (κ3) is 1.50.